The van der Waals surface area contributed by atoms with Gasteiger partial charge < -0.3 is 19.8 Å². The smallest absolute Gasteiger partial charge is 0.315 e. The number of urea groups is 1. The Morgan fingerprint density at radius 1 is 1.29 bits per heavy atom. The molecule has 3 aromatic rings. The molecule has 2 aromatic heterocycles. The zero-order valence-corrected chi connectivity index (χ0v) is 13.6. The van der Waals surface area contributed by atoms with Crippen molar-refractivity contribution in [1.82, 2.24) is 15.6 Å². The number of furan rings is 1. The van der Waals surface area contributed by atoms with E-state index in [2.05, 4.69) is 15.6 Å². The van der Waals surface area contributed by atoms with Crippen LogP contribution in [-0.4, -0.2) is 18.1 Å². The average molecular weight is 325 g/mol. The number of benzene rings is 1. The van der Waals surface area contributed by atoms with E-state index < -0.39 is 0 Å². The second-order valence-electron chi connectivity index (χ2n) is 5.41. The fourth-order valence-electron chi connectivity index (χ4n) is 2.45. The van der Waals surface area contributed by atoms with Crippen LogP contribution < -0.4 is 15.4 Å². The van der Waals surface area contributed by atoms with Crippen molar-refractivity contribution in [2.24, 2.45) is 0 Å². The highest BCUT2D eigenvalue weighted by Gasteiger charge is 2.14. The molecule has 24 heavy (non-hydrogen) atoms. The lowest BCUT2D eigenvalue weighted by atomic mass is 10.2. The number of amides is 2. The molecule has 0 unspecified atom stereocenters. The molecule has 0 bridgehead atoms. The maximum atomic E-state index is 12.1. The fourth-order valence-corrected chi connectivity index (χ4v) is 2.45. The molecule has 0 aliphatic heterocycles. The Morgan fingerprint density at radius 2 is 2.12 bits per heavy atom. The molecule has 0 radical (unpaired) electrons. The SMILES string of the molecule is COc1ncccc1CNC(=O)N[C@@H](C)c1cc2ccccc2o1. The summed E-state index contributed by atoms with van der Waals surface area (Å²) in [6.07, 6.45) is 1.64. The predicted octanol–water partition coefficient (Wildman–Crippen LogP) is 3.40. The van der Waals surface area contributed by atoms with Gasteiger partial charge in [-0.1, -0.05) is 24.3 Å². The first kappa shape index (κ1) is 15.9. The Balaban J connectivity index is 1.60. The second-order valence-corrected chi connectivity index (χ2v) is 5.41. The molecule has 6 heteroatoms. The van der Waals surface area contributed by atoms with E-state index in [0.29, 0.717) is 18.2 Å². The molecule has 0 saturated carbocycles. The maximum absolute atomic E-state index is 12.1. The van der Waals surface area contributed by atoms with Crippen molar-refractivity contribution in [2.45, 2.75) is 19.5 Å². The highest BCUT2D eigenvalue weighted by molar-refractivity contribution is 5.78. The normalized spacial score (nSPS) is 11.9. The first-order chi connectivity index (χ1) is 11.7. The standard InChI is InChI=1S/C18H19N3O3/c1-12(16-10-13-6-3-4-8-15(13)24-16)21-18(22)20-11-14-7-5-9-19-17(14)23-2/h3-10,12H,11H2,1-2H3,(H2,20,21,22)/t12-/m0/s1. The van der Waals surface area contributed by atoms with E-state index in [9.17, 15) is 4.79 Å². The van der Waals surface area contributed by atoms with Gasteiger partial charge in [0.2, 0.25) is 5.88 Å². The van der Waals surface area contributed by atoms with Crippen LogP contribution in [0.4, 0.5) is 4.79 Å². The number of nitrogens with zero attached hydrogens (tertiary/aromatic N) is 1. The van der Waals surface area contributed by atoms with Gasteiger partial charge in [-0.25, -0.2) is 9.78 Å². The summed E-state index contributed by atoms with van der Waals surface area (Å²) in [5, 5.41) is 6.67. The van der Waals surface area contributed by atoms with Crippen molar-refractivity contribution in [3.8, 4) is 5.88 Å². The topological polar surface area (TPSA) is 76.4 Å². The molecule has 0 fully saturated rings. The average Bonchev–Trinajstić information content (AvgIpc) is 3.04. The van der Waals surface area contributed by atoms with Gasteiger partial charge in [0.15, 0.2) is 0 Å². The number of para-hydroxylation sites is 1. The molecule has 0 spiro atoms. The Hall–Kier alpha value is -3.02. The van der Waals surface area contributed by atoms with Gasteiger partial charge in [-0.15, -0.1) is 0 Å². The van der Waals surface area contributed by atoms with Crippen molar-refractivity contribution in [3.63, 3.8) is 0 Å². The summed E-state index contributed by atoms with van der Waals surface area (Å²) >= 11 is 0. The number of hydrogen-bond donors (Lipinski definition) is 2. The Labute approximate surface area is 139 Å². The van der Waals surface area contributed by atoms with Crippen molar-refractivity contribution in [3.05, 3.63) is 60.0 Å². The van der Waals surface area contributed by atoms with Crippen LogP contribution in [0.2, 0.25) is 0 Å². The highest BCUT2D eigenvalue weighted by Crippen LogP contribution is 2.23. The van der Waals surface area contributed by atoms with Crippen molar-refractivity contribution >= 4 is 17.0 Å². The van der Waals surface area contributed by atoms with E-state index in [1.807, 2.05) is 43.3 Å². The third kappa shape index (κ3) is 3.48. The Morgan fingerprint density at radius 3 is 2.92 bits per heavy atom. The maximum Gasteiger partial charge on any atom is 0.315 e. The summed E-state index contributed by atoms with van der Waals surface area (Å²) in [5.74, 6) is 1.22. The van der Waals surface area contributed by atoms with E-state index in [1.54, 1.807) is 19.4 Å². The summed E-state index contributed by atoms with van der Waals surface area (Å²) in [6.45, 7) is 2.21. The minimum atomic E-state index is -0.283. The van der Waals surface area contributed by atoms with Gasteiger partial charge in [-0.2, -0.15) is 0 Å². The first-order valence-corrected chi connectivity index (χ1v) is 7.68. The van der Waals surface area contributed by atoms with Crippen LogP contribution in [-0.2, 0) is 6.54 Å². The van der Waals surface area contributed by atoms with Crippen LogP contribution in [0, 0.1) is 0 Å². The van der Waals surface area contributed by atoms with Crippen molar-refractivity contribution < 1.29 is 13.9 Å². The number of pyridine rings is 1. The van der Waals surface area contributed by atoms with Gasteiger partial charge in [0, 0.05) is 23.7 Å². The molecule has 124 valence electrons. The number of aromatic nitrogens is 1. The molecular weight excluding hydrogens is 306 g/mol. The van der Waals surface area contributed by atoms with Crippen molar-refractivity contribution in [2.75, 3.05) is 7.11 Å². The number of rotatable bonds is 5. The van der Waals surface area contributed by atoms with Gasteiger partial charge in [0.05, 0.1) is 13.2 Å². The van der Waals surface area contributed by atoms with E-state index in [4.69, 9.17) is 9.15 Å². The van der Waals surface area contributed by atoms with Crippen LogP contribution in [0.1, 0.15) is 24.3 Å². The molecule has 0 aliphatic carbocycles. The summed E-state index contributed by atoms with van der Waals surface area (Å²) in [7, 11) is 1.55. The van der Waals surface area contributed by atoms with Crippen LogP contribution in [0.5, 0.6) is 5.88 Å². The fraction of sp³-hybridized carbons (Fsp3) is 0.222. The minimum Gasteiger partial charge on any atom is -0.481 e. The van der Waals surface area contributed by atoms with Gasteiger partial charge in [0.25, 0.3) is 0 Å². The largest absolute Gasteiger partial charge is 0.481 e. The molecule has 2 N–H and O–H groups in total. The monoisotopic (exact) mass is 325 g/mol. The highest BCUT2D eigenvalue weighted by atomic mass is 16.5. The number of carbonyl (C=O) groups excluding carboxylic acids is 1. The van der Waals surface area contributed by atoms with Crippen LogP contribution in [0.15, 0.2) is 53.1 Å². The van der Waals surface area contributed by atoms with Gasteiger partial charge >= 0.3 is 6.03 Å². The lowest BCUT2D eigenvalue weighted by molar-refractivity contribution is 0.236. The van der Waals surface area contributed by atoms with E-state index in [1.165, 1.54) is 0 Å². The second kappa shape index (κ2) is 7.04. The van der Waals surface area contributed by atoms with E-state index >= 15 is 0 Å². The van der Waals surface area contributed by atoms with Crippen LogP contribution in [0.3, 0.4) is 0 Å². The molecule has 3 rings (SSSR count). The molecule has 1 atom stereocenters. The Kier molecular flexibility index (Phi) is 4.65. The minimum absolute atomic E-state index is 0.242. The van der Waals surface area contributed by atoms with Gasteiger partial charge in [-0.05, 0) is 25.1 Å². The third-order valence-corrected chi connectivity index (χ3v) is 3.70. The number of methoxy groups -OCH3 is 1. The summed E-state index contributed by atoms with van der Waals surface area (Å²) in [4.78, 5) is 16.2. The number of hydrogen-bond acceptors (Lipinski definition) is 4. The predicted molar refractivity (Wildman–Crippen MR) is 90.8 cm³/mol. The summed E-state index contributed by atoms with van der Waals surface area (Å²) < 4.78 is 10.9. The molecule has 1 aromatic carbocycles. The Bertz CT molecular complexity index is 811. The molecular formula is C18H19N3O3. The number of fused-ring (bicyclic) bond motifs is 1. The van der Waals surface area contributed by atoms with Crippen molar-refractivity contribution in [1.29, 1.82) is 0 Å². The lowest BCUT2D eigenvalue weighted by Gasteiger charge is -2.13. The van der Waals surface area contributed by atoms with E-state index in [-0.39, 0.29) is 12.1 Å². The molecule has 0 aliphatic rings. The summed E-state index contributed by atoms with van der Waals surface area (Å²) in [5.41, 5.74) is 1.62. The molecule has 2 amide bonds. The molecule has 0 saturated heterocycles. The molecule has 6 nitrogen and oxygen atoms in total. The number of nitrogens with one attached hydrogen (secondary N) is 2. The summed E-state index contributed by atoms with van der Waals surface area (Å²) in [6, 6.07) is 12.8. The quantitative estimate of drug-likeness (QED) is 0.754. The zero-order valence-electron chi connectivity index (χ0n) is 13.6. The van der Waals surface area contributed by atoms with Crippen LogP contribution >= 0.6 is 0 Å². The third-order valence-electron chi connectivity index (χ3n) is 3.70. The number of carbonyl (C=O) groups is 1. The lowest BCUT2D eigenvalue weighted by Crippen LogP contribution is -2.36. The zero-order chi connectivity index (χ0) is 16.9. The van der Waals surface area contributed by atoms with Gasteiger partial charge in [-0.3, -0.25) is 0 Å². The first-order valence-electron chi connectivity index (χ1n) is 7.68. The number of ether oxygens (including phenoxy) is 1. The van der Waals surface area contributed by atoms with E-state index in [0.717, 1.165) is 16.5 Å². The molecule has 2 heterocycles. The van der Waals surface area contributed by atoms with Gasteiger partial charge in [0.1, 0.15) is 11.3 Å². The van der Waals surface area contributed by atoms with Crippen LogP contribution in [0.25, 0.3) is 11.0 Å².